The minimum absolute atomic E-state index is 0.514. The average Bonchev–Trinajstić information content (AvgIpc) is 2.71. The molecule has 1 aliphatic rings. The van der Waals surface area contributed by atoms with Gasteiger partial charge in [-0.05, 0) is 39.6 Å². The lowest BCUT2D eigenvalue weighted by molar-refractivity contribution is 0.164. The van der Waals surface area contributed by atoms with E-state index in [9.17, 15) is 0 Å². The average molecular weight is 347 g/mol. The minimum Gasteiger partial charge on any atom is -0.314 e. The highest BCUT2D eigenvalue weighted by atomic mass is 15.2. The molecule has 0 aromatic heterocycles. The van der Waals surface area contributed by atoms with E-state index in [-0.39, 0.29) is 0 Å². The number of piperazine rings is 1. The Hall–Kier alpha value is -1.90. The van der Waals surface area contributed by atoms with Crippen molar-refractivity contribution in [2.45, 2.75) is 38.6 Å². The second-order valence-corrected chi connectivity index (χ2v) is 7.53. The van der Waals surface area contributed by atoms with E-state index in [0.29, 0.717) is 6.04 Å². The van der Waals surface area contributed by atoms with Gasteiger partial charge in [-0.2, -0.15) is 0 Å². The first-order valence-electron chi connectivity index (χ1n) is 10.2. The number of nitrogens with one attached hydrogen (secondary N) is 1. The van der Waals surface area contributed by atoms with Gasteiger partial charge in [-0.25, -0.2) is 0 Å². The Balaban J connectivity index is 1.87. The molecule has 3 aromatic carbocycles. The van der Waals surface area contributed by atoms with Gasteiger partial charge in [0, 0.05) is 32.2 Å². The van der Waals surface area contributed by atoms with E-state index >= 15 is 0 Å². The van der Waals surface area contributed by atoms with Crippen LogP contribution < -0.4 is 5.32 Å². The largest absolute Gasteiger partial charge is 0.314 e. The molecule has 1 heterocycles. The van der Waals surface area contributed by atoms with Gasteiger partial charge in [0.15, 0.2) is 0 Å². The van der Waals surface area contributed by atoms with Crippen molar-refractivity contribution in [1.82, 2.24) is 10.2 Å². The predicted molar refractivity (Wildman–Crippen MR) is 113 cm³/mol. The zero-order valence-corrected chi connectivity index (χ0v) is 15.9. The van der Waals surface area contributed by atoms with Crippen molar-refractivity contribution in [3.05, 3.63) is 60.2 Å². The summed E-state index contributed by atoms with van der Waals surface area (Å²) in [6.45, 7) is 6.80. The molecule has 26 heavy (non-hydrogen) atoms. The van der Waals surface area contributed by atoms with Crippen molar-refractivity contribution in [3.63, 3.8) is 0 Å². The van der Waals surface area contributed by atoms with E-state index in [4.69, 9.17) is 0 Å². The molecular formula is C24H30N2. The van der Waals surface area contributed by atoms with Gasteiger partial charge in [0.05, 0.1) is 0 Å². The van der Waals surface area contributed by atoms with Crippen molar-refractivity contribution in [1.29, 1.82) is 0 Å². The standard InChI is InChI=1S/C24H30N2/c1-2-3-4-13-23(26-16-14-25-15-17-26)24-21-11-7-5-9-19(21)18-20-10-6-8-12-22(20)24/h5-12,18,23,25H,2-4,13-17H2,1H3/t23-/m1/s1. The van der Waals surface area contributed by atoms with Crippen molar-refractivity contribution in [2.24, 2.45) is 0 Å². The number of fused-ring (bicyclic) bond motifs is 2. The molecule has 4 rings (SSSR count). The van der Waals surface area contributed by atoms with E-state index in [1.165, 1.54) is 47.2 Å². The summed E-state index contributed by atoms with van der Waals surface area (Å²) in [4.78, 5) is 2.72. The molecule has 1 N–H and O–H groups in total. The van der Waals surface area contributed by atoms with Crippen molar-refractivity contribution >= 4 is 21.5 Å². The Morgan fingerprint density at radius 3 is 2.12 bits per heavy atom. The SMILES string of the molecule is CCCCC[C@H](c1c2ccccc2cc2ccccc12)N1CCNCC1. The quantitative estimate of drug-likeness (QED) is 0.467. The Kier molecular flexibility index (Phi) is 5.52. The second kappa shape index (κ2) is 8.20. The molecule has 0 radical (unpaired) electrons. The molecule has 1 saturated heterocycles. The van der Waals surface area contributed by atoms with Crippen molar-refractivity contribution < 1.29 is 0 Å². The van der Waals surface area contributed by atoms with E-state index < -0.39 is 0 Å². The number of unbranched alkanes of at least 4 members (excludes halogenated alkanes) is 2. The molecule has 136 valence electrons. The number of rotatable bonds is 6. The lowest BCUT2D eigenvalue weighted by Crippen LogP contribution is -2.45. The Bertz CT molecular complexity index is 810. The van der Waals surface area contributed by atoms with E-state index in [1.807, 2.05) is 0 Å². The second-order valence-electron chi connectivity index (χ2n) is 7.53. The molecule has 0 amide bonds. The van der Waals surface area contributed by atoms with Crippen LogP contribution in [-0.4, -0.2) is 31.1 Å². The van der Waals surface area contributed by atoms with Gasteiger partial charge < -0.3 is 5.32 Å². The summed E-state index contributed by atoms with van der Waals surface area (Å²) in [5.74, 6) is 0. The first-order chi connectivity index (χ1) is 12.9. The highest BCUT2D eigenvalue weighted by Gasteiger charge is 2.25. The topological polar surface area (TPSA) is 15.3 Å². The summed E-state index contributed by atoms with van der Waals surface area (Å²) in [6.07, 6.45) is 5.17. The summed E-state index contributed by atoms with van der Waals surface area (Å²) in [5.41, 5.74) is 1.55. The third-order valence-electron chi connectivity index (χ3n) is 5.82. The zero-order chi connectivity index (χ0) is 17.8. The maximum absolute atomic E-state index is 3.52. The fourth-order valence-electron chi connectivity index (χ4n) is 4.50. The summed E-state index contributed by atoms with van der Waals surface area (Å²) >= 11 is 0. The molecule has 0 unspecified atom stereocenters. The molecular weight excluding hydrogens is 316 g/mol. The van der Waals surface area contributed by atoms with Gasteiger partial charge in [-0.1, -0.05) is 74.7 Å². The minimum atomic E-state index is 0.514. The van der Waals surface area contributed by atoms with Gasteiger partial charge in [0.1, 0.15) is 0 Å². The van der Waals surface area contributed by atoms with Crippen LogP contribution in [0.3, 0.4) is 0 Å². The Morgan fingerprint density at radius 2 is 1.50 bits per heavy atom. The van der Waals surface area contributed by atoms with Crippen molar-refractivity contribution in [3.8, 4) is 0 Å². The fourth-order valence-corrected chi connectivity index (χ4v) is 4.50. The summed E-state index contributed by atoms with van der Waals surface area (Å²) in [6, 6.07) is 20.8. The van der Waals surface area contributed by atoms with E-state index in [2.05, 4.69) is 71.7 Å². The molecule has 0 saturated carbocycles. The van der Waals surface area contributed by atoms with Gasteiger partial charge in [-0.15, -0.1) is 0 Å². The van der Waals surface area contributed by atoms with Crippen LogP contribution in [0.2, 0.25) is 0 Å². The van der Waals surface area contributed by atoms with E-state index in [0.717, 1.165) is 26.2 Å². The third kappa shape index (κ3) is 3.49. The number of hydrogen-bond donors (Lipinski definition) is 1. The smallest absolute Gasteiger partial charge is 0.0361 e. The zero-order valence-electron chi connectivity index (χ0n) is 15.9. The van der Waals surface area contributed by atoms with Gasteiger partial charge >= 0.3 is 0 Å². The van der Waals surface area contributed by atoms with Crippen LogP contribution >= 0.6 is 0 Å². The maximum Gasteiger partial charge on any atom is 0.0361 e. The van der Waals surface area contributed by atoms with Crippen LogP contribution in [-0.2, 0) is 0 Å². The molecule has 2 heteroatoms. The molecule has 1 fully saturated rings. The van der Waals surface area contributed by atoms with Crippen LogP contribution in [0.4, 0.5) is 0 Å². The first-order valence-corrected chi connectivity index (χ1v) is 10.2. The molecule has 0 bridgehead atoms. The monoisotopic (exact) mass is 346 g/mol. The summed E-state index contributed by atoms with van der Waals surface area (Å²) in [5, 5.41) is 9.14. The lowest BCUT2D eigenvalue weighted by atomic mass is 9.88. The van der Waals surface area contributed by atoms with Gasteiger partial charge in [-0.3, -0.25) is 4.90 Å². The number of benzene rings is 3. The molecule has 2 nitrogen and oxygen atoms in total. The highest BCUT2D eigenvalue weighted by molar-refractivity contribution is 6.02. The van der Waals surface area contributed by atoms with Crippen LogP contribution in [0.1, 0.15) is 44.2 Å². The van der Waals surface area contributed by atoms with Crippen LogP contribution in [0.5, 0.6) is 0 Å². The molecule has 3 aromatic rings. The lowest BCUT2D eigenvalue weighted by Gasteiger charge is -2.36. The number of nitrogens with zero attached hydrogens (tertiary/aromatic N) is 1. The molecule has 0 spiro atoms. The summed E-state index contributed by atoms with van der Waals surface area (Å²) < 4.78 is 0. The molecule has 0 aliphatic carbocycles. The Labute approximate surface area is 157 Å². The number of hydrogen-bond acceptors (Lipinski definition) is 2. The van der Waals surface area contributed by atoms with Gasteiger partial charge in [0.25, 0.3) is 0 Å². The molecule has 1 atom stereocenters. The predicted octanol–water partition coefficient (Wildman–Crippen LogP) is 5.52. The highest BCUT2D eigenvalue weighted by Crippen LogP contribution is 2.38. The fraction of sp³-hybridized carbons (Fsp3) is 0.417. The van der Waals surface area contributed by atoms with E-state index in [1.54, 1.807) is 5.56 Å². The van der Waals surface area contributed by atoms with Crippen LogP contribution in [0, 0.1) is 0 Å². The normalized spacial score (nSPS) is 17.0. The maximum atomic E-state index is 3.52. The van der Waals surface area contributed by atoms with Crippen LogP contribution in [0.15, 0.2) is 54.6 Å². The van der Waals surface area contributed by atoms with Crippen molar-refractivity contribution in [2.75, 3.05) is 26.2 Å². The Morgan fingerprint density at radius 1 is 0.885 bits per heavy atom. The van der Waals surface area contributed by atoms with Gasteiger partial charge in [0.2, 0.25) is 0 Å². The van der Waals surface area contributed by atoms with Crippen LogP contribution in [0.25, 0.3) is 21.5 Å². The summed E-state index contributed by atoms with van der Waals surface area (Å²) in [7, 11) is 0. The third-order valence-corrected chi connectivity index (χ3v) is 5.82. The molecule has 1 aliphatic heterocycles. The first kappa shape index (κ1) is 17.5.